The molecular formula is C16H12Cl2N2OS. The summed E-state index contributed by atoms with van der Waals surface area (Å²) >= 11 is 17.9. The van der Waals surface area contributed by atoms with E-state index in [1.54, 1.807) is 19.2 Å². The van der Waals surface area contributed by atoms with Crippen LogP contribution in [0.4, 0.5) is 0 Å². The Morgan fingerprint density at radius 1 is 1.14 bits per heavy atom. The predicted molar refractivity (Wildman–Crippen MR) is 93.2 cm³/mol. The molecule has 0 fully saturated rings. The minimum atomic E-state index is 0.499. The van der Waals surface area contributed by atoms with Gasteiger partial charge in [-0.2, -0.15) is 0 Å². The van der Waals surface area contributed by atoms with Gasteiger partial charge in [-0.3, -0.25) is 4.57 Å². The minimum absolute atomic E-state index is 0.499. The van der Waals surface area contributed by atoms with Crippen molar-refractivity contribution < 1.29 is 4.74 Å². The maximum Gasteiger partial charge on any atom is 0.121 e. The third-order valence-corrected chi connectivity index (χ3v) is 4.30. The SMILES string of the molecule is COc1ccc(-n2c(C)nc3c(Cl)cc(Cl)cc3c2=S)cc1. The van der Waals surface area contributed by atoms with Crippen LogP contribution in [0.25, 0.3) is 16.6 Å². The lowest BCUT2D eigenvalue weighted by Gasteiger charge is -2.14. The van der Waals surface area contributed by atoms with Gasteiger partial charge < -0.3 is 4.74 Å². The van der Waals surface area contributed by atoms with Crippen LogP contribution in [0.15, 0.2) is 36.4 Å². The zero-order chi connectivity index (χ0) is 15.9. The lowest BCUT2D eigenvalue weighted by Crippen LogP contribution is -2.05. The Morgan fingerprint density at radius 3 is 2.45 bits per heavy atom. The molecule has 3 nitrogen and oxygen atoms in total. The smallest absolute Gasteiger partial charge is 0.121 e. The lowest BCUT2D eigenvalue weighted by atomic mass is 10.2. The van der Waals surface area contributed by atoms with E-state index in [2.05, 4.69) is 4.98 Å². The first kappa shape index (κ1) is 15.3. The average molecular weight is 351 g/mol. The minimum Gasteiger partial charge on any atom is -0.497 e. The van der Waals surface area contributed by atoms with Crippen LogP contribution in [0, 0.1) is 11.6 Å². The molecule has 22 heavy (non-hydrogen) atoms. The Bertz CT molecular complexity index is 920. The van der Waals surface area contributed by atoms with Crippen molar-refractivity contribution in [3.63, 3.8) is 0 Å². The van der Waals surface area contributed by atoms with Crippen LogP contribution < -0.4 is 4.74 Å². The van der Waals surface area contributed by atoms with E-state index in [1.807, 2.05) is 35.8 Å². The molecule has 1 heterocycles. The van der Waals surface area contributed by atoms with Crippen LogP contribution >= 0.6 is 35.4 Å². The van der Waals surface area contributed by atoms with Gasteiger partial charge in [0.15, 0.2) is 0 Å². The van der Waals surface area contributed by atoms with Gasteiger partial charge in [-0.25, -0.2) is 4.98 Å². The molecule has 0 spiro atoms. The van der Waals surface area contributed by atoms with Crippen molar-refractivity contribution in [1.29, 1.82) is 0 Å². The van der Waals surface area contributed by atoms with Gasteiger partial charge in [0.2, 0.25) is 0 Å². The number of fused-ring (bicyclic) bond motifs is 1. The molecule has 0 aliphatic rings. The molecule has 0 aliphatic carbocycles. The van der Waals surface area contributed by atoms with Crippen LogP contribution in [0.5, 0.6) is 5.75 Å². The van der Waals surface area contributed by atoms with Crippen molar-refractivity contribution in [2.24, 2.45) is 0 Å². The predicted octanol–water partition coefficient (Wildman–Crippen LogP) is 5.38. The van der Waals surface area contributed by atoms with Crippen LogP contribution in [-0.2, 0) is 0 Å². The summed E-state index contributed by atoms with van der Waals surface area (Å²) in [6, 6.07) is 11.1. The average Bonchev–Trinajstić information content (AvgIpc) is 2.49. The monoisotopic (exact) mass is 350 g/mol. The number of hydrogen-bond acceptors (Lipinski definition) is 3. The zero-order valence-electron chi connectivity index (χ0n) is 11.9. The standard InChI is InChI=1S/C16H12Cl2N2OS/c1-9-19-15-13(7-10(17)8-14(15)18)16(22)20(9)11-3-5-12(21-2)6-4-11/h3-8H,1-2H3. The van der Waals surface area contributed by atoms with Gasteiger partial charge in [0, 0.05) is 16.1 Å². The highest BCUT2D eigenvalue weighted by atomic mass is 35.5. The Labute approximate surface area is 143 Å². The molecule has 0 aliphatic heterocycles. The van der Waals surface area contributed by atoms with Gasteiger partial charge in [0.1, 0.15) is 16.2 Å². The number of benzene rings is 2. The lowest BCUT2D eigenvalue weighted by molar-refractivity contribution is 0.414. The van der Waals surface area contributed by atoms with Gasteiger partial charge in [-0.1, -0.05) is 35.4 Å². The van der Waals surface area contributed by atoms with Crippen molar-refractivity contribution in [3.8, 4) is 11.4 Å². The molecule has 2 aromatic carbocycles. The second-order valence-electron chi connectivity index (χ2n) is 4.78. The Hall–Kier alpha value is -1.62. The first-order valence-electron chi connectivity index (χ1n) is 6.54. The quantitative estimate of drug-likeness (QED) is 0.580. The number of ether oxygens (including phenoxy) is 1. The van der Waals surface area contributed by atoms with E-state index in [1.165, 1.54) is 0 Å². The van der Waals surface area contributed by atoms with Crippen molar-refractivity contribution in [3.05, 3.63) is 56.9 Å². The number of aromatic nitrogens is 2. The van der Waals surface area contributed by atoms with Crippen LogP contribution in [0.1, 0.15) is 5.82 Å². The largest absolute Gasteiger partial charge is 0.497 e. The van der Waals surface area contributed by atoms with E-state index in [9.17, 15) is 0 Å². The third-order valence-electron chi connectivity index (χ3n) is 3.39. The van der Waals surface area contributed by atoms with Crippen molar-refractivity contribution in [1.82, 2.24) is 9.55 Å². The van der Waals surface area contributed by atoms with E-state index in [0.29, 0.717) is 20.2 Å². The molecule has 112 valence electrons. The first-order valence-corrected chi connectivity index (χ1v) is 7.70. The fourth-order valence-corrected chi connectivity index (χ4v) is 3.29. The van der Waals surface area contributed by atoms with Gasteiger partial charge in [-0.15, -0.1) is 0 Å². The van der Waals surface area contributed by atoms with E-state index in [4.69, 9.17) is 40.2 Å². The van der Waals surface area contributed by atoms with Crippen LogP contribution in [0.3, 0.4) is 0 Å². The fraction of sp³-hybridized carbons (Fsp3) is 0.125. The summed E-state index contributed by atoms with van der Waals surface area (Å²) in [4.78, 5) is 4.57. The number of rotatable bonds is 2. The van der Waals surface area contributed by atoms with Crippen molar-refractivity contribution >= 4 is 46.3 Å². The summed E-state index contributed by atoms with van der Waals surface area (Å²) in [5.41, 5.74) is 1.58. The van der Waals surface area contributed by atoms with Gasteiger partial charge in [-0.05, 0) is 43.3 Å². The summed E-state index contributed by atoms with van der Waals surface area (Å²) in [6.45, 7) is 1.89. The Morgan fingerprint density at radius 2 is 1.82 bits per heavy atom. The third kappa shape index (κ3) is 2.58. The molecule has 0 unspecified atom stereocenters. The molecule has 0 radical (unpaired) electrons. The molecule has 0 bridgehead atoms. The van der Waals surface area contributed by atoms with Crippen LogP contribution in [0.2, 0.25) is 10.0 Å². The topological polar surface area (TPSA) is 27.1 Å². The van der Waals surface area contributed by atoms with Gasteiger partial charge in [0.05, 0.1) is 17.6 Å². The molecule has 1 aromatic heterocycles. The summed E-state index contributed by atoms with van der Waals surface area (Å²) in [6.07, 6.45) is 0. The highest BCUT2D eigenvalue weighted by Crippen LogP contribution is 2.29. The normalized spacial score (nSPS) is 10.9. The number of nitrogens with zero attached hydrogens (tertiary/aromatic N) is 2. The highest BCUT2D eigenvalue weighted by Gasteiger charge is 2.11. The molecule has 0 saturated carbocycles. The summed E-state index contributed by atoms with van der Waals surface area (Å²) in [7, 11) is 1.63. The maximum absolute atomic E-state index is 6.23. The molecule has 3 rings (SSSR count). The summed E-state index contributed by atoms with van der Waals surface area (Å²) < 4.78 is 7.70. The number of methoxy groups -OCH3 is 1. The van der Waals surface area contributed by atoms with Crippen LogP contribution in [-0.4, -0.2) is 16.7 Å². The van der Waals surface area contributed by atoms with Crippen molar-refractivity contribution in [2.45, 2.75) is 6.92 Å². The maximum atomic E-state index is 6.23. The van der Waals surface area contributed by atoms with E-state index in [0.717, 1.165) is 22.6 Å². The van der Waals surface area contributed by atoms with E-state index >= 15 is 0 Å². The summed E-state index contributed by atoms with van der Waals surface area (Å²) in [5.74, 6) is 1.54. The number of hydrogen-bond donors (Lipinski definition) is 0. The number of halogens is 2. The second-order valence-corrected chi connectivity index (χ2v) is 6.01. The van der Waals surface area contributed by atoms with Crippen molar-refractivity contribution in [2.75, 3.05) is 7.11 Å². The molecule has 0 amide bonds. The second kappa shape index (κ2) is 5.88. The molecular weight excluding hydrogens is 339 g/mol. The van der Waals surface area contributed by atoms with E-state index in [-0.39, 0.29) is 0 Å². The summed E-state index contributed by atoms with van der Waals surface area (Å²) in [5, 5.41) is 1.79. The fourth-order valence-electron chi connectivity index (χ4n) is 2.36. The van der Waals surface area contributed by atoms with Gasteiger partial charge in [0.25, 0.3) is 0 Å². The Balaban J connectivity index is 2.32. The molecule has 0 saturated heterocycles. The Kier molecular flexibility index (Phi) is 4.08. The molecule has 0 atom stereocenters. The van der Waals surface area contributed by atoms with E-state index < -0.39 is 0 Å². The molecule has 6 heteroatoms. The highest BCUT2D eigenvalue weighted by molar-refractivity contribution is 7.71. The zero-order valence-corrected chi connectivity index (χ0v) is 14.3. The number of aryl methyl sites for hydroxylation is 1. The van der Waals surface area contributed by atoms with Gasteiger partial charge >= 0.3 is 0 Å². The first-order chi connectivity index (χ1) is 10.5. The molecule has 3 aromatic rings. The molecule has 0 N–H and O–H groups in total.